The smallest absolute Gasteiger partial charge is 0.222 e. The van der Waals surface area contributed by atoms with Crippen molar-refractivity contribution in [3.05, 3.63) is 0 Å². The second kappa shape index (κ2) is 7.49. The minimum Gasteiger partial charge on any atom is -0.379 e. The van der Waals surface area contributed by atoms with Crippen molar-refractivity contribution in [1.29, 1.82) is 0 Å². The van der Waals surface area contributed by atoms with Gasteiger partial charge in [0.2, 0.25) is 5.91 Å². The molecular formula is C18H33N3O2. The van der Waals surface area contributed by atoms with Crippen molar-refractivity contribution in [3.63, 3.8) is 0 Å². The van der Waals surface area contributed by atoms with Crippen molar-refractivity contribution in [2.45, 2.75) is 45.1 Å². The van der Waals surface area contributed by atoms with Crippen molar-refractivity contribution in [1.82, 2.24) is 14.7 Å². The van der Waals surface area contributed by atoms with E-state index >= 15 is 0 Å². The molecule has 3 aliphatic rings. The van der Waals surface area contributed by atoms with E-state index in [4.69, 9.17) is 4.74 Å². The fourth-order valence-corrected chi connectivity index (χ4v) is 4.47. The number of carbonyl (C=O) groups is 1. The zero-order valence-electron chi connectivity index (χ0n) is 14.9. The Kier molecular flexibility index (Phi) is 5.60. The van der Waals surface area contributed by atoms with E-state index < -0.39 is 0 Å². The maximum atomic E-state index is 11.9. The normalized spacial score (nSPS) is 28.5. The van der Waals surface area contributed by atoms with E-state index in [2.05, 4.69) is 28.5 Å². The van der Waals surface area contributed by atoms with E-state index in [-0.39, 0.29) is 5.54 Å². The molecule has 3 aliphatic heterocycles. The number of amides is 1. The average Bonchev–Trinajstić information content (AvgIpc) is 2.93. The van der Waals surface area contributed by atoms with Crippen LogP contribution in [0.5, 0.6) is 0 Å². The Morgan fingerprint density at radius 2 is 1.91 bits per heavy atom. The molecule has 0 bridgehead atoms. The summed E-state index contributed by atoms with van der Waals surface area (Å²) in [6.45, 7) is 14.0. The number of piperidine rings is 1. The lowest BCUT2D eigenvalue weighted by atomic mass is 9.94. The zero-order valence-corrected chi connectivity index (χ0v) is 14.9. The van der Waals surface area contributed by atoms with Gasteiger partial charge in [-0.25, -0.2) is 0 Å². The number of ether oxygens (including phenoxy) is 1. The van der Waals surface area contributed by atoms with Crippen LogP contribution in [0.25, 0.3) is 0 Å². The number of hydrogen-bond donors (Lipinski definition) is 0. The van der Waals surface area contributed by atoms with Crippen molar-refractivity contribution in [3.8, 4) is 0 Å². The summed E-state index contributed by atoms with van der Waals surface area (Å²) < 4.78 is 5.49. The van der Waals surface area contributed by atoms with E-state index in [9.17, 15) is 4.79 Å². The molecule has 0 aromatic rings. The molecule has 0 aromatic heterocycles. The Hall–Kier alpha value is -0.650. The van der Waals surface area contributed by atoms with Crippen LogP contribution in [0.4, 0.5) is 0 Å². The molecule has 3 heterocycles. The molecule has 0 aliphatic carbocycles. The van der Waals surface area contributed by atoms with Crippen LogP contribution in [0.15, 0.2) is 0 Å². The summed E-state index contributed by atoms with van der Waals surface area (Å²) >= 11 is 0. The number of nitrogens with zero attached hydrogens (tertiary/aromatic N) is 3. The van der Waals surface area contributed by atoms with Crippen molar-refractivity contribution in [2.75, 3.05) is 59.0 Å². The van der Waals surface area contributed by atoms with Gasteiger partial charge in [-0.1, -0.05) is 0 Å². The van der Waals surface area contributed by atoms with Gasteiger partial charge in [0.1, 0.15) is 0 Å². The third-order valence-corrected chi connectivity index (χ3v) is 5.73. The van der Waals surface area contributed by atoms with E-state index in [0.29, 0.717) is 11.8 Å². The Morgan fingerprint density at radius 1 is 1.13 bits per heavy atom. The van der Waals surface area contributed by atoms with Crippen LogP contribution >= 0.6 is 0 Å². The molecule has 0 aromatic carbocycles. The topological polar surface area (TPSA) is 36.0 Å². The molecule has 1 amide bonds. The van der Waals surface area contributed by atoms with E-state index in [1.54, 1.807) is 0 Å². The number of likely N-dealkylation sites (tertiary alicyclic amines) is 2. The van der Waals surface area contributed by atoms with Gasteiger partial charge in [-0.05, 0) is 45.6 Å². The predicted molar refractivity (Wildman–Crippen MR) is 91.4 cm³/mol. The minimum atomic E-state index is 0.204. The SMILES string of the molecule is CC(C)(CN1CCCC(CN2CCCC2=O)C1)N1CCOCC1. The van der Waals surface area contributed by atoms with Gasteiger partial charge in [-0.2, -0.15) is 0 Å². The highest BCUT2D eigenvalue weighted by molar-refractivity contribution is 5.78. The molecule has 1 unspecified atom stereocenters. The standard InChI is InChI=1S/C18H33N3O2/c1-18(2,21-9-11-23-12-10-21)15-19-7-3-5-16(13-19)14-20-8-4-6-17(20)22/h16H,3-15H2,1-2H3. The van der Waals surface area contributed by atoms with E-state index in [0.717, 1.165) is 65.3 Å². The van der Waals surface area contributed by atoms with Gasteiger partial charge < -0.3 is 14.5 Å². The van der Waals surface area contributed by atoms with Gasteiger partial charge >= 0.3 is 0 Å². The first-order chi connectivity index (χ1) is 11.0. The Bertz CT molecular complexity index is 407. The molecule has 5 nitrogen and oxygen atoms in total. The largest absolute Gasteiger partial charge is 0.379 e. The molecule has 3 rings (SSSR count). The van der Waals surface area contributed by atoms with Crippen LogP contribution in [0.2, 0.25) is 0 Å². The quantitative estimate of drug-likeness (QED) is 0.767. The van der Waals surface area contributed by atoms with Gasteiger partial charge in [0.15, 0.2) is 0 Å². The molecule has 0 N–H and O–H groups in total. The van der Waals surface area contributed by atoms with Crippen molar-refractivity contribution >= 4 is 5.91 Å². The summed E-state index contributed by atoms with van der Waals surface area (Å²) in [5.74, 6) is 1.03. The Balaban J connectivity index is 1.50. The second-order valence-corrected chi connectivity index (χ2v) is 8.10. The summed E-state index contributed by atoms with van der Waals surface area (Å²) in [5, 5.41) is 0. The summed E-state index contributed by atoms with van der Waals surface area (Å²) in [7, 11) is 0. The van der Waals surface area contributed by atoms with Gasteiger partial charge in [0.25, 0.3) is 0 Å². The maximum absolute atomic E-state index is 11.9. The van der Waals surface area contributed by atoms with Gasteiger partial charge in [0, 0.05) is 51.2 Å². The fourth-order valence-electron chi connectivity index (χ4n) is 4.47. The first-order valence-corrected chi connectivity index (χ1v) is 9.37. The molecular weight excluding hydrogens is 290 g/mol. The highest BCUT2D eigenvalue weighted by Crippen LogP contribution is 2.24. The molecule has 3 fully saturated rings. The maximum Gasteiger partial charge on any atom is 0.222 e. The van der Waals surface area contributed by atoms with Crippen molar-refractivity contribution in [2.24, 2.45) is 5.92 Å². The van der Waals surface area contributed by atoms with Crippen LogP contribution in [0, 0.1) is 5.92 Å². The van der Waals surface area contributed by atoms with Gasteiger partial charge in [0.05, 0.1) is 13.2 Å². The highest BCUT2D eigenvalue weighted by atomic mass is 16.5. The Morgan fingerprint density at radius 3 is 2.61 bits per heavy atom. The average molecular weight is 323 g/mol. The summed E-state index contributed by atoms with van der Waals surface area (Å²) in [6, 6.07) is 0. The number of morpholine rings is 1. The first-order valence-electron chi connectivity index (χ1n) is 9.37. The number of carbonyl (C=O) groups excluding carboxylic acids is 1. The molecule has 23 heavy (non-hydrogen) atoms. The predicted octanol–water partition coefficient (Wildman–Crippen LogP) is 1.43. The van der Waals surface area contributed by atoms with E-state index in [1.165, 1.54) is 19.4 Å². The molecule has 0 saturated carbocycles. The second-order valence-electron chi connectivity index (χ2n) is 8.10. The third-order valence-electron chi connectivity index (χ3n) is 5.73. The van der Waals surface area contributed by atoms with Crippen LogP contribution < -0.4 is 0 Å². The van der Waals surface area contributed by atoms with Crippen LogP contribution in [-0.4, -0.2) is 85.2 Å². The van der Waals surface area contributed by atoms with Crippen LogP contribution in [0.3, 0.4) is 0 Å². The third kappa shape index (κ3) is 4.46. The highest BCUT2D eigenvalue weighted by Gasteiger charge is 2.33. The molecule has 0 spiro atoms. The number of rotatable bonds is 5. The van der Waals surface area contributed by atoms with Gasteiger partial charge in [-0.3, -0.25) is 9.69 Å². The van der Waals surface area contributed by atoms with Gasteiger partial charge in [-0.15, -0.1) is 0 Å². The first kappa shape index (κ1) is 17.2. The van der Waals surface area contributed by atoms with Crippen molar-refractivity contribution < 1.29 is 9.53 Å². The van der Waals surface area contributed by atoms with Crippen LogP contribution in [-0.2, 0) is 9.53 Å². The lowest BCUT2D eigenvalue weighted by molar-refractivity contribution is -0.128. The zero-order chi connectivity index (χ0) is 16.3. The monoisotopic (exact) mass is 323 g/mol. The lowest BCUT2D eigenvalue weighted by Gasteiger charge is -2.45. The molecule has 1 atom stereocenters. The Labute approximate surface area is 140 Å². The fraction of sp³-hybridized carbons (Fsp3) is 0.944. The molecule has 5 heteroatoms. The molecule has 132 valence electrons. The molecule has 0 radical (unpaired) electrons. The summed E-state index contributed by atoms with van der Waals surface area (Å²) in [5.41, 5.74) is 0.204. The van der Waals surface area contributed by atoms with E-state index in [1.807, 2.05) is 0 Å². The van der Waals surface area contributed by atoms with Crippen LogP contribution in [0.1, 0.15) is 39.5 Å². The summed E-state index contributed by atoms with van der Waals surface area (Å²) in [6.07, 6.45) is 4.37. The number of hydrogen-bond acceptors (Lipinski definition) is 4. The minimum absolute atomic E-state index is 0.204. The summed E-state index contributed by atoms with van der Waals surface area (Å²) in [4.78, 5) is 19.2. The molecule has 3 saturated heterocycles. The lowest BCUT2D eigenvalue weighted by Crippen LogP contribution is -2.56.